The van der Waals surface area contributed by atoms with Crippen molar-refractivity contribution in [2.75, 3.05) is 25.1 Å². The van der Waals surface area contributed by atoms with Gasteiger partial charge in [-0.3, -0.25) is 5.41 Å². The average Bonchev–Trinajstić information content (AvgIpc) is 2.50. The van der Waals surface area contributed by atoms with E-state index in [0.29, 0.717) is 0 Å². The minimum atomic E-state index is 0.100. The van der Waals surface area contributed by atoms with Crippen LogP contribution in [0.15, 0.2) is 36.4 Å². The van der Waals surface area contributed by atoms with E-state index in [2.05, 4.69) is 18.0 Å². The van der Waals surface area contributed by atoms with Crippen LogP contribution in [0.4, 0.5) is 5.69 Å². The molecule has 0 amide bonds. The first-order valence-electron chi connectivity index (χ1n) is 7.33. The summed E-state index contributed by atoms with van der Waals surface area (Å²) in [5.74, 6) is 0.100. The number of aliphatic hydroxyl groups excluding tert-OH is 1. The maximum Gasteiger partial charge on any atom is 0.123 e. The van der Waals surface area contributed by atoms with Crippen molar-refractivity contribution in [2.24, 2.45) is 5.73 Å². The van der Waals surface area contributed by atoms with Crippen molar-refractivity contribution in [1.29, 1.82) is 5.41 Å². The summed E-state index contributed by atoms with van der Waals surface area (Å²) in [5, 5.41) is 18.7. The summed E-state index contributed by atoms with van der Waals surface area (Å²) < 4.78 is 0. The van der Waals surface area contributed by atoms with Crippen molar-refractivity contribution in [2.45, 2.75) is 19.3 Å². The van der Waals surface area contributed by atoms with E-state index >= 15 is 0 Å². The lowest BCUT2D eigenvalue weighted by Gasteiger charge is -2.22. The van der Waals surface area contributed by atoms with Crippen molar-refractivity contribution >= 4 is 22.3 Å². The molecule has 0 bridgehead atoms. The maximum absolute atomic E-state index is 8.83. The zero-order valence-electron chi connectivity index (χ0n) is 12.5. The number of nitrogens with one attached hydrogen (secondary N) is 1. The highest BCUT2D eigenvalue weighted by molar-refractivity contribution is 6.10. The summed E-state index contributed by atoms with van der Waals surface area (Å²) in [6, 6.07) is 12.0. The molecule has 0 saturated heterocycles. The van der Waals surface area contributed by atoms with Crippen LogP contribution in [0.3, 0.4) is 0 Å². The second-order valence-corrected chi connectivity index (χ2v) is 5.30. The fourth-order valence-corrected chi connectivity index (χ4v) is 2.61. The molecule has 2 rings (SSSR count). The van der Waals surface area contributed by atoms with Gasteiger partial charge in [0, 0.05) is 36.8 Å². The average molecular weight is 285 g/mol. The molecule has 0 spiro atoms. The largest absolute Gasteiger partial charge is 0.396 e. The predicted octanol–water partition coefficient (Wildman–Crippen LogP) is 2.72. The van der Waals surface area contributed by atoms with Gasteiger partial charge in [-0.15, -0.1) is 0 Å². The number of anilines is 1. The third-order valence-electron chi connectivity index (χ3n) is 3.75. The fourth-order valence-electron chi connectivity index (χ4n) is 2.61. The SMILES string of the molecule is CN(CCCCCO)c1ccc(C(=N)N)c2ccccc12. The van der Waals surface area contributed by atoms with E-state index in [1.165, 1.54) is 0 Å². The van der Waals surface area contributed by atoms with Crippen LogP contribution in [0, 0.1) is 5.41 Å². The molecule has 0 unspecified atom stereocenters. The van der Waals surface area contributed by atoms with Gasteiger partial charge in [-0.25, -0.2) is 0 Å². The van der Waals surface area contributed by atoms with E-state index in [1.54, 1.807) is 0 Å². The van der Waals surface area contributed by atoms with Gasteiger partial charge in [-0.1, -0.05) is 24.3 Å². The maximum atomic E-state index is 8.83. The van der Waals surface area contributed by atoms with Gasteiger partial charge < -0.3 is 15.7 Å². The lowest BCUT2D eigenvalue weighted by Crippen LogP contribution is -2.19. The Labute approximate surface area is 125 Å². The Morgan fingerprint density at radius 2 is 1.81 bits per heavy atom. The number of fused-ring (bicyclic) bond motifs is 1. The van der Waals surface area contributed by atoms with Crippen LogP contribution < -0.4 is 10.6 Å². The third-order valence-corrected chi connectivity index (χ3v) is 3.75. The number of amidine groups is 1. The van der Waals surface area contributed by atoms with Crippen molar-refractivity contribution in [3.8, 4) is 0 Å². The second-order valence-electron chi connectivity index (χ2n) is 5.30. The molecule has 2 aromatic rings. The Morgan fingerprint density at radius 1 is 1.10 bits per heavy atom. The Balaban J connectivity index is 2.28. The Kier molecular flexibility index (Phi) is 5.17. The number of hydrogen-bond donors (Lipinski definition) is 3. The number of rotatable bonds is 7. The predicted molar refractivity (Wildman–Crippen MR) is 89.2 cm³/mol. The summed E-state index contributed by atoms with van der Waals surface area (Å²) in [6.45, 7) is 1.21. The molecule has 0 saturated carbocycles. The van der Waals surface area contributed by atoms with E-state index in [0.717, 1.165) is 47.8 Å². The summed E-state index contributed by atoms with van der Waals surface area (Å²) in [5.41, 5.74) is 7.60. The van der Waals surface area contributed by atoms with E-state index < -0.39 is 0 Å². The number of unbranched alkanes of at least 4 members (excludes halogenated alkanes) is 2. The zero-order chi connectivity index (χ0) is 15.2. The fraction of sp³-hybridized carbons (Fsp3) is 0.353. The Hall–Kier alpha value is -2.07. The summed E-state index contributed by atoms with van der Waals surface area (Å²) in [4.78, 5) is 2.23. The van der Waals surface area contributed by atoms with Crippen LogP contribution in [-0.4, -0.2) is 31.1 Å². The van der Waals surface area contributed by atoms with Gasteiger partial charge in [0.2, 0.25) is 0 Å². The quantitative estimate of drug-likeness (QED) is 0.416. The smallest absolute Gasteiger partial charge is 0.123 e. The summed E-state index contributed by atoms with van der Waals surface area (Å²) >= 11 is 0. The van der Waals surface area contributed by atoms with Crippen molar-refractivity contribution in [3.05, 3.63) is 42.0 Å². The van der Waals surface area contributed by atoms with Crippen LogP contribution in [-0.2, 0) is 0 Å². The molecule has 0 aliphatic rings. The highest BCUT2D eigenvalue weighted by atomic mass is 16.2. The van der Waals surface area contributed by atoms with E-state index in [-0.39, 0.29) is 12.4 Å². The monoisotopic (exact) mass is 285 g/mol. The van der Waals surface area contributed by atoms with Crippen LogP contribution in [0.1, 0.15) is 24.8 Å². The molecule has 21 heavy (non-hydrogen) atoms. The second kappa shape index (κ2) is 7.09. The van der Waals surface area contributed by atoms with Gasteiger partial charge in [-0.05, 0) is 36.8 Å². The minimum absolute atomic E-state index is 0.100. The van der Waals surface area contributed by atoms with Crippen molar-refractivity contribution in [1.82, 2.24) is 0 Å². The first-order chi connectivity index (χ1) is 10.1. The molecule has 112 valence electrons. The van der Waals surface area contributed by atoms with Crippen LogP contribution in [0.25, 0.3) is 10.8 Å². The van der Waals surface area contributed by atoms with Crippen LogP contribution >= 0.6 is 0 Å². The molecule has 4 N–H and O–H groups in total. The first kappa shape index (κ1) is 15.3. The summed E-state index contributed by atoms with van der Waals surface area (Å²) in [6.07, 6.45) is 2.95. The number of benzene rings is 2. The number of aliphatic hydroxyl groups is 1. The molecule has 2 aromatic carbocycles. The van der Waals surface area contributed by atoms with Gasteiger partial charge >= 0.3 is 0 Å². The molecule has 0 fully saturated rings. The minimum Gasteiger partial charge on any atom is -0.396 e. The number of hydrogen-bond acceptors (Lipinski definition) is 3. The first-order valence-corrected chi connectivity index (χ1v) is 7.33. The van der Waals surface area contributed by atoms with Gasteiger partial charge in [0.05, 0.1) is 0 Å². The topological polar surface area (TPSA) is 73.3 Å². The van der Waals surface area contributed by atoms with Gasteiger partial charge in [0.15, 0.2) is 0 Å². The van der Waals surface area contributed by atoms with E-state index in [9.17, 15) is 0 Å². The van der Waals surface area contributed by atoms with Gasteiger partial charge in [-0.2, -0.15) is 0 Å². The standard InChI is InChI=1S/C17H23N3O/c1-20(11-5-2-6-12-21)16-10-9-15(17(18)19)13-7-3-4-8-14(13)16/h3-4,7-10,21H,2,5-6,11-12H2,1H3,(H3,18,19). The van der Waals surface area contributed by atoms with Crippen molar-refractivity contribution < 1.29 is 5.11 Å². The van der Waals surface area contributed by atoms with Crippen molar-refractivity contribution in [3.63, 3.8) is 0 Å². The lowest BCUT2D eigenvalue weighted by molar-refractivity contribution is 0.283. The molecule has 0 aliphatic heterocycles. The zero-order valence-corrected chi connectivity index (χ0v) is 12.5. The molecule has 4 heteroatoms. The molecule has 0 heterocycles. The number of nitrogens with two attached hydrogens (primary N) is 1. The van der Waals surface area contributed by atoms with E-state index in [4.69, 9.17) is 16.2 Å². The van der Waals surface area contributed by atoms with Crippen LogP contribution in [0.5, 0.6) is 0 Å². The molecular formula is C17H23N3O. The number of nitrogen functional groups attached to an aromatic ring is 1. The highest BCUT2D eigenvalue weighted by Gasteiger charge is 2.10. The van der Waals surface area contributed by atoms with Gasteiger partial charge in [0.1, 0.15) is 5.84 Å². The molecule has 0 aromatic heterocycles. The molecule has 0 radical (unpaired) electrons. The Morgan fingerprint density at radius 3 is 2.48 bits per heavy atom. The normalized spacial score (nSPS) is 10.8. The summed E-state index contributed by atoms with van der Waals surface area (Å²) in [7, 11) is 2.08. The van der Waals surface area contributed by atoms with Crippen LogP contribution in [0.2, 0.25) is 0 Å². The third kappa shape index (κ3) is 3.52. The molecular weight excluding hydrogens is 262 g/mol. The molecule has 4 nitrogen and oxygen atoms in total. The Bertz CT molecular complexity index is 624. The molecule has 0 atom stereocenters. The highest BCUT2D eigenvalue weighted by Crippen LogP contribution is 2.29. The van der Waals surface area contributed by atoms with E-state index in [1.807, 2.05) is 30.3 Å². The van der Waals surface area contributed by atoms with Gasteiger partial charge in [0.25, 0.3) is 0 Å². The number of nitrogens with zero attached hydrogens (tertiary/aromatic N) is 1. The lowest BCUT2D eigenvalue weighted by atomic mass is 10.0. The molecule has 0 aliphatic carbocycles.